The van der Waals surface area contributed by atoms with Gasteiger partial charge in [0, 0.05) is 32.1 Å². The second kappa shape index (κ2) is 9.04. The Hall–Kier alpha value is -2.33. The number of amides is 1. The summed E-state index contributed by atoms with van der Waals surface area (Å²) < 4.78 is 6.10. The van der Waals surface area contributed by atoms with Crippen LogP contribution in [0.5, 0.6) is 5.75 Å². The van der Waals surface area contributed by atoms with Crippen LogP contribution < -0.4 is 10.1 Å². The minimum Gasteiger partial charge on any atom is -0.493 e. The molecular formula is C27H34N2O2. The van der Waals surface area contributed by atoms with Crippen LogP contribution in [-0.2, 0) is 30.8 Å². The highest BCUT2D eigenvalue weighted by Crippen LogP contribution is 2.34. The normalized spacial score (nSPS) is 18.5. The second-order valence-electron chi connectivity index (χ2n) is 9.68. The summed E-state index contributed by atoms with van der Waals surface area (Å²) in [7, 11) is 0. The lowest BCUT2D eigenvalue weighted by molar-refractivity contribution is -0.122. The molecule has 164 valence electrons. The molecule has 0 aromatic heterocycles. The maximum absolute atomic E-state index is 11.8. The number of hydrogen-bond donors (Lipinski definition) is 1. The molecule has 0 saturated heterocycles. The molecule has 5 rings (SSSR count). The molecule has 0 atom stereocenters. The van der Waals surface area contributed by atoms with Crippen molar-refractivity contribution in [2.75, 3.05) is 13.2 Å². The summed E-state index contributed by atoms with van der Waals surface area (Å²) in [6.07, 6.45) is 7.18. The van der Waals surface area contributed by atoms with Crippen LogP contribution in [0.3, 0.4) is 0 Å². The van der Waals surface area contributed by atoms with Crippen molar-refractivity contribution in [3.8, 4) is 5.75 Å². The highest BCUT2D eigenvalue weighted by Gasteiger charge is 2.29. The van der Waals surface area contributed by atoms with Crippen LogP contribution in [0.4, 0.5) is 0 Å². The molecule has 2 aromatic rings. The smallest absolute Gasteiger partial charge is 0.223 e. The number of ether oxygens (including phenoxy) is 1. The third-order valence-corrected chi connectivity index (χ3v) is 7.04. The quantitative estimate of drug-likeness (QED) is 0.638. The third kappa shape index (κ3) is 5.30. The molecule has 2 saturated carbocycles. The van der Waals surface area contributed by atoms with Gasteiger partial charge in [0.2, 0.25) is 5.91 Å². The fourth-order valence-electron chi connectivity index (χ4n) is 4.61. The average Bonchev–Trinajstić information content (AvgIpc) is 3.69. The first-order valence-electron chi connectivity index (χ1n) is 12.0. The van der Waals surface area contributed by atoms with Crippen molar-refractivity contribution >= 4 is 5.91 Å². The van der Waals surface area contributed by atoms with E-state index in [0.717, 1.165) is 57.2 Å². The Morgan fingerprint density at radius 1 is 1.06 bits per heavy atom. The highest BCUT2D eigenvalue weighted by atomic mass is 16.5. The molecule has 0 radical (unpaired) electrons. The molecule has 1 N–H and O–H groups in total. The number of rotatable bonds is 9. The lowest BCUT2D eigenvalue weighted by Gasteiger charge is -2.30. The van der Waals surface area contributed by atoms with E-state index in [-0.39, 0.29) is 11.8 Å². The maximum atomic E-state index is 11.8. The van der Waals surface area contributed by atoms with Crippen LogP contribution in [0, 0.1) is 18.8 Å². The van der Waals surface area contributed by atoms with Crippen molar-refractivity contribution < 1.29 is 9.53 Å². The average molecular weight is 419 g/mol. The van der Waals surface area contributed by atoms with Gasteiger partial charge in [0.1, 0.15) is 5.75 Å². The van der Waals surface area contributed by atoms with Crippen LogP contribution in [-0.4, -0.2) is 24.0 Å². The van der Waals surface area contributed by atoms with Crippen molar-refractivity contribution in [1.29, 1.82) is 0 Å². The molecule has 4 heteroatoms. The van der Waals surface area contributed by atoms with Crippen LogP contribution >= 0.6 is 0 Å². The molecule has 1 amide bonds. The Morgan fingerprint density at radius 2 is 1.84 bits per heavy atom. The zero-order valence-electron chi connectivity index (χ0n) is 18.7. The van der Waals surface area contributed by atoms with Gasteiger partial charge in [0.25, 0.3) is 0 Å². The van der Waals surface area contributed by atoms with Crippen LogP contribution in [0.15, 0.2) is 36.4 Å². The first-order chi connectivity index (χ1) is 15.2. The molecule has 2 aliphatic carbocycles. The van der Waals surface area contributed by atoms with E-state index in [1.54, 1.807) is 0 Å². The monoisotopic (exact) mass is 418 g/mol. The lowest BCUT2D eigenvalue weighted by atomic mass is 9.94. The Morgan fingerprint density at radius 3 is 2.58 bits per heavy atom. The van der Waals surface area contributed by atoms with Crippen molar-refractivity contribution in [3.05, 3.63) is 64.2 Å². The Balaban J connectivity index is 1.14. The van der Waals surface area contributed by atoms with Gasteiger partial charge < -0.3 is 10.1 Å². The van der Waals surface area contributed by atoms with E-state index in [9.17, 15) is 4.79 Å². The Labute approximate surface area is 186 Å². The van der Waals surface area contributed by atoms with Gasteiger partial charge in [-0.25, -0.2) is 0 Å². The first kappa shape index (κ1) is 20.6. The van der Waals surface area contributed by atoms with Crippen LogP contribution in [0.1, 0.15) is 59.9 Å². The molecule has 1 aliphatic heterocycles. The number of carbonyl (C=O) groups excluding carboxylic acids is 1. The van der Waals surface area contributed by atoms with E-state index in [1.165, 1.54) is 47.1 Å². The summed E-state index contributed by atoms with van der Waals surface area (Å²) in [4.78, 5) is 14.3. The highest BCUT2D eigenvalue weighted by molar-refractivity contribution is 5.80. The van der Waals surface area contributed by atoms with E-state index in [4.69, 9.17) is 4.74 Å². The molecule has 2 aromatic carbocycles. The molecule has 3 aliphatic rings. The number of nitrogens with one attached hydrogen (secondary N) is 1. The van der Waals surface area contributed by atoms with Crippen LogP contribution in [0.25, 0.3) is 0 Å². The van der Waals surface area contributed by atoms with E-state index >= 15 is 0 Å². The number of carbonyl (C=O) groups is 1. The van der Waals surface area contributed by atoms with Gasteiger partial charge in [-0.2, -0.15) is 0 Å². The zero-order chi connectivity index (χ0) is 21.2. The van der Waals surface area contributed by atoms with Crippen LogP contribution in [0.2, 0.25) is 0 Å². The van der Waals surface area contributed by atoms with Gasteiger partial charge in [-0.1, -0.05) is 43.2 Å². The number of benzene rings is 2. The zero-order valence-corrected chi connectivity index (χ0v) is 18.7. The molecule has 0 bridgehead atoms. The molecule has 1 heterocycles. The summed E-state index contributed by atoms with van der Waals surface area (Å²) in [5.41, 5.74) is 6.77. The van der Waals surface area contributed by atoms with Gasteiger partial charge >= 0.3 is 0 Å². The SMILES string of the molecule is Cc1c(OCCC2CC2)ccc2c1CCN(Cc1ccc(CNC(=O)C3CC3)cc1)C2. The Kier molecular flexibility index (Phi) is 5.99. The van der Waals surface area contributed by atoms with E-state index in [1.807, 2.05) is 0 Å². The Bertz CT molecular complexity index is 929. The van der Waals surface area contributed by atoms with E-state index < -0.39 is 0 Å². The number of nitrogens with zero attached hydrogens (tertiary/aromatic N) is 1. The van der Waals surface area contributed by atoms with E-state index in [2.05, 4.69) is 53.5 Å². The number of fused-ring (bicyclic) bond motifs is 1. The van der Waals surface area contributed by atoms with Crippen molar-refractivity contribution in [2.45, 2.75) is 65.1 Å². The van der Waals surface area contributed by atoms with Crippen molar-refractivity contribution in [3.63, 3.8) is 0 Å². The van der Waals surface area contributed by atoms with Gasteiger partial charge in [-0.15, -0.1) is 0 Å². The molecule has 31 heavy (non-hydrogen) atoms. The summed E-state index contributed by atoms with van der Waals surface area (Å²) >= 11 is 0. The predicted octanol–water partition coefficient (Wildman–Crippen LogP) is 4.76. The first-order valence-corrected chi connectivity index (χ1v) is 12.0. The van der Waals surface area contributed by atoms with Gasteiger partial charge in [-0.3, -0.25) is 9.69 Å². The standard InChI is InChI=1S/C27H34N2O2/c1-19-25-12-14-29(18-24(25)10-11-26(19)31-15-13-20-2-3-20)17-22-6-4-21(5-7-22)16-28-27(30)23-8-9-23/h4-7,10-11,20,23H,2-3,8-9,12-18H2,1H3,(H,28,30). The van der Waals surface area contributed by atoms with Gasteiger partial charge in [-0.05, 0) is 72.4 Å². The summed E-state index contributed by atoms with van der Waals surface area (Å²) in [6, 6.07) is 13.2. The van der Waals surface area contributed by atoms with E-state index in [0.29, 0.717) is 6.54 Å². The molecular weight excluding hydrogens is 384 g/mol. The summed E-state index contributed by atoms with van der Waals surface area (Å²) in [5.74, 6) is 2.48. The fourth-order valence-corrected chi connectivity index (χ4v) is 4.61. The van der Waals surface area contributed by atoms with Gasteiger partial charge in [0.15, 0.2) is 0 Å². The lowest BCUT2D eigenvalue weighted by Crippen LogP contribution is -2.30. The largest absolute Gasteiger partial charge is 0.493 e. The minimum absolute atomic E-state index is 0.211. The third-order valence-electron chi connectivity index (χ3n) is 7.04. The topological polar surface area (TPSA) is 41.6 Å². The number of hydrogen-bond acceptors (Lipinski definition) is 3. The molecule has 4 nitrogen and oxygen atoms in total. The maximum Gasteiger partial charge on any atom is 0.223 e. The van der Waals surface area contributed by atoms with Crippen molar-refractivity contribution in [2.24, 2.45) is 11.8 Å². The fraction of sp³-hybridized carbons (Fsp3) is 0.519. The predicted molar refractivity (Wildman–Crippen MR) is 123 cm³/mol. The molecule has 0 unspecified atom stereocenters. The summed E-state index contributed by atoms with van der Waals surface area (Å²) in [6.45, 7) is 6.76. The molecule has 0 spiro atoms. The molecule has 2 fully saturated rings. The van der Waals surface area contributed by atoms with Gasteiger partial charge in [0.05, 0.1) is 6.61 Å². The second-order valence-corrected chi connectivity index (χ2v) is 9.68. The van der Waals surface area contributed by atoms with Crippen molar-refractivity contribution in [1.82, 2.24) is 10.2 Å². The minimum atomic E-state index is 0.211. The summed E-state index contributed by atoms with van der Waals surface area (Å²) in [5, 5.41) is 3.04.